The normalized spacial score (nSPS) is 20.3. The number of aromatic hydroxyl groups is 1. The molecule has 0 bridgehead atoms. The van der Waals surface area contributed by atoms with Crippen molar-refractivity contribution in [3.63, 3.8) is 0 Å². The first-order valence-electron chi connectivity index (χ1n) is 16.2. The Morgan fingerprint density at radius 1 is 1.04 bits per heavy atom. The summed E-state index contributed by atoms with van der Waals surface area (Å²) in [5.41, 5.74) is 1.38. The number of phenolic OH excluding ortho intramolecular Hbond substituents is 1. The number of carbonyl (C=O) groups is 2. The average molecular weight is 681 g/mol. The van der Waals surface area contributed by atoms with E-state index >= 15 is 0 Å². The molecular formula is C36H43F3N6O4. The number of halogens is 3. The molecule has 5 rings (SSSR count). The number of anilines is 1. The molecular weight excluding hydrogens is 637 g/mol. The van der Waals surface area contributed by atoms with E-state index in [1.807, 2.05) is 44.2 Å². The van der Waals surface area contributed by atoms with Gasteiger partial charge in [-0.15, -0.1) is 6.58 Å². The maximum atomic E-state index is 14.3. The number of β-amino-alcohol motifs (C(OH)–C–C–N with tert-alkyl or cyclic N) is 1. The van der Waals surface area contributed by atoms with E-state index in [1.165, 1.54) is 22.0 Å². The number of hydrazine groups is 1. The fourth-order valence-electron chi connectivity index (χ4n) is 6.37. The summed E-state index contributed by atoms with van der Waals surface area (Å²) in [6.07, 6.45) is -4.92. The number of carbonyl (C=O) groups excluding carboxylic acids is 2. The van der Waals surface area contributed by atoms with Gasteiger partial charge in [0.1, 0.15) is 18.1 Å². The van der Waals surface area contributed by atoms with Gasteiger partial charge in [-0.25, -0.2) is 19.7 Å². The van der Waals surface area contributed by atoms with Gasteiger partial charge >= 0.3 is 12.2 Å². The van der Waals surface area contributed by atoms with Crippen molar-refractivity contribution >= 4 is 17.6 Å². The fourth-order valence-corrected chi connectivity index (χ4v) is 6.37. The molecule has 262 valence electrons. The summed E-state index contributed by atoms with van der Waals surface area (Å²) in [7, 11) is 1.71. The number of fused-ring (bicyclic) bond motifs is 1. The van der Waals surface area contributed by atoms with Gasteiger partial charge in [-0.1, -0.05) is 48.5 Å². The van der Waals surface area contributed by atoms with Crippen molar-refractivity contribution in [3.05, 3.63) is 108 Å². The van der Waals surface area contributed by atoms with Crippen LogP contribution in [0.4, 0.5) is 23.7 Å². The number of aliphatic hydroxyl groups excluding tert-OH is 1. The Balaban J connectivity index is 1.54. The minimum Gasteiger partial charge on any atom is -0.508 e. The lowest BCUT2D eigenvalue weighted by Crippen LogP contribution is -2.77. The third-order valence-electron chi connectivity index (χ3n) is 9.05. The number of aliphatic hydroxyl groups is 1. The molecule has 2 saturated heterocycles. The van der Waals surface area contributed by atoms with Crippen molar-refractivity contribution in [2.75, 3.05) is 31.6 Å². The van der Waals surface area contributed by atoms with Crippen LogP contribution in [0.25, 0.3) is 0 Å². The number of phenols is 1. The van der Waals surface area contributed by atoms with E-state index in [0.29, 0.717) is 11.3 Å². The molecule has 3 amide bonds. The number of hydrogen-bond donors (Lipinski definition) is 3. The molecule has 2 fully saturated rings. The second kappa shape index (κ2) is 14.9. The number of amides is 3. The number of nitrogens with zero attached hydrogens (tertiary/aromatic N) is 5. The number of piperazine rings is 1. The molecule has 0 aliphatic carbocycles. The Morgan fingerprint density at radius 2 is 1.73 bits per heavy atom. The summed E-state index contributed by atoms with van der Waals surface area (Å²) in [4.78, 5) is 33.1. The first kappa shape index (κ1) is 35.7. The Labute approximate surface area is 284 Å². The highest BCUT2D eigenvalue weighted by molar-refractivity contribution is 5.84. The van der Waals surface area contributed by atoms with Gasteiger partial charge in [-0.3, -0.25) is 4.79 Å². The lowest BCUT2D eigenvalue weighted by molar-refractivity contribution is -0.226. The molecule has 0 radical (unpaired) electrons. The molecule has 10 nitrogen and oxygen atoms in total. The van der Waals surface area contributed by atoms with Crippen LogP contribution in [0.15, 0.2) is 85.5 Å². The maximum absolute atomic E-state index is 14.3. The minimum absolute atomic E-state index is 0.000834. The first-order valence-corrected chi connectivity index (χ1v) is 16.2. The zero-order chi connectivity index (χ0) is 35.5. The summed E-state index contributed by atoms with van der Waals surface area (Å²) in [6.45, 7) is 7.76. The van der Waals surface area contributed by atoms with Crippen molar-refractivity contribution < 1.29 is 33.0 Å². The van der Waals surface area contributed by atoms with Crippen LogP contribution in [-0.2, 0) is 30.5 Å². The molecule has 0 spiro atoms. The fraction of sp³-hybridized carbons (Fsp3) is 0.389. The largest absolute Gasteiger partial charge is 0.508 e. The Morgan fingerprint density at radius 3 is 2.37 bits per heavy atom. The Kier molecular flexibility index (Phi) is 10.9. The highest BCUT2D eigenvalue weighted by atomic mass is 19.4. The first-order chi connectivity index (χ1) is 23.3. The van der Waals surface area contributed by atoms with Gasteiger partial charge in [0.25, 0.3) is 0 Å². The van der Waals surface area contributed by atoms with E-state index in [2.05, 4.69) is 11.9 Å². The zero-order valence-corrected chi connectivity index (χ0v) is 27.8. The molecule has 0 aromatic heterocycles. The molecule has 49 heavy (non-hydrogen) atoms. The summed E-state index contributed by atoms with van der Waals surface area (Å²) < 4.78 is 42.3. The number of urea groups is 1. The predicted octanol–water partition coefficient (Wildman–Crippen LogP) is 4.78. The summed E-state index contributed by atoms with van der Waals surface area (Å²) in [5, 5.41) is 27.5. The van der Waals surface area contributed by atoms with Crippen LogP contribution in [0.2, 0.25) is 0 Å². The average Bonchev–Trinajstić information content (AvgIpc) is 3.06. The molecule has 13 heteroatoms. The number of rotatable bonds is 10. The van der Waals surface area contributed by atoms with E-state index in [4.69, 9.17) is 0 Å². The van der Waals surface area contributed by atoms with Crippen LogP contribution in [-0.4, -0.2) is 93.1 Å². The van der Waals surface area contributed by atoms with Gasteiger partial charge in [-0.05, 0) is 67.3 Å². The third-order valence-corrected chi connectivity index (χ3v) is 9.05. The molecule has 1 unspecified atom stereocenters. The van der Waals surface area contributed by atoms with Crippen LogP contribution < -0.4 is 10.2 Å². The Hall–Kier alpha value is -4.59. The molecule has 2 aliphatic heterocycles. The van der Waals surface area contributed by atoms with Gasteiger partial charge in [-0.2, -0.15) is 13.2 Å². The van der Waals surface area contributed by atoms with Crippen molar-refractivity contribution in [1.29, 1.82) is 0 Å². The van der Waals surface area contributed by atoms with Crippen LogP contribution in [0.3, 0.4) is 0 Å². The number of hydrogen-bond acceptors (Lipinski definition) is 7. The van der Waals surface area contributed by atoms with E-state index < -0.39 is 42.1 Å². The standard InChI is InChI=1S/C36H43F3N6O4/c1-5-15-43-23-33(47)44-31(18-25-11-13-30(46)14-12-25)34(48)42(22-32(44)45(43)35(49)40-20-26-9-7-6-8-10-26)21-27-16-28(36(37,38)39)19-29(17-27)41(4)24(2)3/h5-14,16-17,19,24,31-33,46-47H,1,15,18,20-23H2,2-4H3,(H,40,49)/t31-,32-,33?/m0/s1. The van der Waals surface area contributed by atoms with E-state index in [1.54, 1.807) is 46.1 Å². The number of benzene rings is 3. The van der Waals surface area contributed by atoms with Crippen LogP contribution >= 0.6 is 0 Å². The highest BCUT2D eigenvalue weighted by Gasteiger charge is 2.51. The second-order valence-corrected chi connectivity index (χ2v) is 12.8. The minimum atomic E-state index is -4.61. The predicted molar refractivity (Wildman–Crippen MR) is 180 cm³/mol. The van der Waals surface area contributed by atoms with Gasteiger partial charge in [0.15, 0.2) is 0 Å². The van der Waals surface area contributed by atoms with Gasteiger partial charge in [0, 0.05) is 38.4 Å². The summed E-state index contributed by atoms with van der Waals surface area (Å²) >= 11 is 0. The molecule has 2 heterocycles. The van der Waals surface area contributed by atoms with Crippen LogP contribution in [0.1, 0.15) is 36.1 Å². The summed E-state index contributed by atoms with van der Waals surface area (Å²) in [5.74, 6) is -0.356. The van der Waals surface area contributed by atoms with Crippen molar-refractivity contribution in [2.24, 2.45) is 0 Å². The molecule has 3 N–H and O–H groups in total. The maximum Gasteiger partial charge on any atom is 0.416 e. The molecule has 3 aromatic carbocycles. The smallest absolute Gasteiger partial charge is 0.416 e. The molecule has 3 aromatic rings. The SMILES string of the molecule is C=CCN1CC(O)N2[C@@H](Cc3ccc(O)cc3)C(=O)N(Cc3cc(N(C)C(C)C)cc(C(F)(F)F)c3)C[C@@H]2N1C(=O)NCc1ccccc1. The third kappa shape index (κ3) is 8.18. The van der Waals surface area contributed by atoms with Crippen LogP contribution in [0.5, 0.6) is 5.75 Å². The monoisotopic (exact) mass is 680 g/mol. The molecule has 0 saturated carbocycles. The Bertz CT molecular complexity index is 1620. The lowest BCUT2D eigenvalue weighted by Gasteiger charge is -2.57. The quantitative estimate of drug-likeness (QED) is 0.265. The molecule has 3 atom stereocenters. The van der Waals surface area contributed by atoms with Crippen molar-refractivity contribution in [3.8, 4) is 5.75 Å². The summed E-state index contributed by atoms with van der Waals surface area (Å²) in [6, 6.07) is 17.9. The topological polar surface area (TPSA) is 103 Å². The van der Waals surface area contributed by atoms with E-state index in [9.17, 15) is 33.0 Å². The van der Waals surface area contributed by atoms with Crippen LogP contribution in [0, 0.1) is 0 Å². The van der Waals surface area contributed by atoms with Gasteiger partial charge < -0.3 is 25.3 Å². The van der Waals surface area contributed by atoms with Gasteiger partial charge in [0.2, 0.25) is 5.91 Å². The van der Waals surface area contributed by atoms with E-state index in [-0.39, 0.29) is 56.5 Å². The highest BCUT2D eigenvalue weighted by Crippen LogP contribution is 2.35. The van der Waals surface area contributed by atoms with Crippen molar-refractivity contribution in [1.82, 2.24) is 25.1 Å². The molecule has 2 aliphatic rings. The lowest BCUT2D eigenvalue weighted by atomic mass is 9.97. The van der Waals surface area contributed by atoms with Gasteiger partial charge in [0.05, 0.1) is 24.7 Å². The van der Waals surface area contributed by atoms with E-state index in [0.717, 1.165) is 17.7 Å². The number of nitrogens with one attached hydrogen (secondary N) is 1. The second-order valence-electron chi connectivity index (χ2n) is 12.8. The number of alkyl halides is 3. The van der Waals surface area contributed by atoms with Crippen molar-refractivity contribution in [2.45, 2.75) is 64.0 Å². The zero-order valence-electron chi connectivity index (χ0n) is 27.8.